The highest BCUT2D eigenvalue weighted by molar-refractivity contribution is 5.55. The van der Waals surface area contributed by atoms with E-state index in [1.54, 1.807) is 0 Å². The quantitative estimate of drug-likeness (QED) is 0.883. The average molecular weight is 309 g/mol. The molecule has 3 rings (SSSR count). The normalized spacial score (nSPS) is 15.0. The molecule has 1 aliphatic heterocycles. The molecule has 0 atom stereocenters. The molecule has 2 heterocycles. The molecule has 1 N–H and O–H groups in total. The Balaban J connectivity index is 1.82. The fraction of sp³-hybridized carbons (Fsp3) is 0.357. The van der Waals surface area contributed by atoms with Crippen LogP contribution in [0.5, 0.6) is 0 Å². The number of nitrogens with one attached hydrogen (secondary N) is 1. The van der Waals surface area contributed by atoms with Gasteiger partial charge < -0.3 is 10.2 Å². The number of anilines is 3. The molecular formula is C14H14F3N5. The predicted octanol–water partition coefficient (Wildman–Crippen LogP) is 3.02. The fourth-order valence-corrected chi connectivity index (χ4v) is 2.37. The monoisotopic (exact) mass is 309 g/mol. The Hall–Kier alpha value is -2.38. The number of rotatable bonds is 3. The first-order valence-corrected chi connectivity index (χ1v) is 7.00. The Morgan fingerprint density at radius 1 is 1.00 bits per heavy atom. The summed E-state index contributed by atoms with van der Waals surface area (Å²) in [6.07, 6.45) is 4.85. The van der Waals surface area contributed by atoms with Gasteiger partial charge in [-0.1, -0.05) is 0 Å². The van der Waals surface area contributed by atoms with Crippen molar-refractivity contribution in [2.24, 2.45) is 0 Å². The van der Waals surface area contributed by atoms with Crippen LogP contribution in [0.4, 0.5) is 30.6 Å². The first-order valence-electron chi connectivity index (χ1n) is 7.00. The molecule has 22 heavy (non-hydrogen) atoms. The lowest BCUT2D eigenvalue weighted by atomic mass is 10.1. The van der Waals surface area contributed by atoms with E-state index in [4.69, 9.17) is 0 Å². The molecule has 0 amide bonds. The van der Waals surface area contributed by atoms with Crippen LogP contribution in [0.25, 0.3) is 0 Å². The summed E-state index contributed by atoms with van der Waals surface area (Å²) >= 11 is 0. The summed E-state index contributed by atoms with van der Waals surface area (Å²) < 4.78 is 39.8. The second kappa shape index (κ2) is 6.17. The number of benzene rings is 1. The zero-order chi connectivity index (χ0) is 15.5. The average Bonchev–Trinajstić information content (AvgIpc) is 2.57. The molecule has 1 fully saturated rings. The standard InChI is InChI=1S/C14H14F3N5/c15-9-4-5-10(13(17)12(9)16)19-14-20-11(8-18-21-14)22-6-2-1-3-7-22/h4-5,8H,1-3,6-7H2,(H,19,20,21). The van der Waals surface area contributed by atoms with E-state index in [2.05, 4.69) is 25.4 Å². The maximum absolute atomic E-state index is 13.6. The van der Waals surface area contributed by atoms with Gasteiger partial charge in [-0.15, -0.1) is 5.10 Å². The van der Waals surface area contributed by atoms with Crippen molar-refractivity contribution in [1.82, 2.24) is 15.2 Å². The van der Waals surface area contributed by atoms with Crippen molar-refractivity contribution in [1.29, 1.82) is 0 Å². The van der Waals surface area contributed by atoms with Gasteiger partial charge in [-0.3, -0.25) is 0 Å². The molecule has 8 heteroatoms. The Bertz CT molecular complexity index is 674. The Labute approximate surface area is 125 Å². The first kappa shape index (κ1) is 14.6. The summed E-state index contributed by atoms with van der Waals surface area (Å²) in [5, 5.41) is 10.1. The van der Waals surface area contributed by atoms with Crippen molar-refractivity contribution < 1.29 is 13.2 Å². The number of hydrogen-bond donors (Lipinski definition) is 1. The predicted molar refractivity (Wildman–Crippen MR) is 75.5 cm³/mol. The summed E-state index contributed by atoms with van der Waals surface area (Å²) in [7, 11) is 0. The second-order valence-electron chi connectivity index (χ2n) is 5.03. The van der Waals surface area contributed by atoms with Crippen LogP contribution in [-0.2, 0) is 0 Å². The summed E-state index contributed by atoms with van der Waals surface area (Å²) in [5.74, 6) is -3.44. The molecule has 116 valence electrons. The number of aromatic nitrogens is 3. The van der Waals surface area contributed by atoms with Crippen molar-refractivity contribution in [3.63, 3.8) is 0 Å². The van der Waals surface area contributed by atoms with Crippen LogP contribution in [0.1, 0.15) is 19.3 Å². The van der Waals surface area contributed by atoms with Crippen molar-refractivity contribution >= 4 is 17.5 Å². The fourth-order valence-electron chi connectivity index (χ4n) is 2.37. The van der Waals surface area contributed by atoms with E-state index in [0.717, 1.165) is 38.1 Å². The summed E-state index contributed by atoms with van der Waals surface area (Å²) in [5.41, 5.74) is -0.239. The van der Waals surface area contributed by atoms with Crippen LogP contribution < -0.4 is 10.2 Å². The van der Waals surface area contributed by atoms with E-state index < -0.39 is 17.5 Å². The van der Waals surface area contributed by atoms with Gasteiger partial charge in [-0.05, 0) is 31.4 Å². The third-order valence-corrected chi connectivity index (χ3v) is 3.51. The first-order chi connectivity index (χ1) is 10.6. The Morgan fingerprint density at radius 2 is 1.77 bits per heavy atom. The van der Waals surface area contributed by atoms with Crippen LogP contribution in [0.3, 0.4) is 0 Å². The molecule has 1 aliphatic rings. The van der Waals surface area contributed by atoms with E-state index in [1.807, 2.05) is 0 Å². The number of hydrogen-bond acceptors (Lipinski definition) is 5. The number of nitrogens with zero attached hydrogens (tertiary/aromatic N) is 4. The molecular weight excluding hydrogens is 295 g/mol. The van der Waals surface area contributed by atoms with E-state index in [-0.39, 0.29) is 11.6 Å². The Morgan fingerprint density at radius 3 is 2.55 bits per heavy atom. The minimum atomic E-state index is -1.54. The van der Waals surface area contributed by atoms with Crippen molar-refractivity contribution in [2.45, 2.75) is 19.3 Å². The topological polar surface area (TPSA) is 53.9 Å². The number of halogens is 3. The number of piperidine rings is 1. The molecule has 0 spiro atoms. The van der Waals surface area contributed by atoms with Gasteiger partial charge in [0.15, 0.2) is 23.3 Å². The van der Waals surface area contributed by atoms with Gasteiger partial charge in [0.05, 0.1) is 11.9 Å². The van der Waals surface area contributed by atoms with Crippen molar-refractivity contribution in [2.75, 3.05) is 23.3 Å². The van der Waals surface area contributed by atoms with Gasteiger partial charge in [0.2, 0.25) is 5.95 Å². The molecule has 0 radical (unpaired) electrons. The minimum Gasteiger partial charge on any atom is -0.355 e. The van der Waals surface area contributed by atoms with Crippen molar-refractivity contribution in [3.05, 3.63) is 35.8 Å². The van der Waals surface area contributed by atoms with E-state index >= 15 is 0 Å². The summed E-state index contributed by atoms with van der Waals surface area (Å²) in [6, 6.07) is 1.92. The van der Waals surface area contributed by atoms with Crippen LogP contribution in [0, 0.1) is 17.5 Å². The van der Waals surface area contributed by atoms with E-state index in [0.29, 0.717) is 5.82 Å². The maximum Gasteiger partial charge on any atom is 0.249 e. The third-order valence-electron chi connectivity index (χ3n) is 3.51. The maximum atomic E-state index is 13.6. The molecule has 0 unspecified atom stereocenters. The summed E-state index contributed by atoms with van der Waals surface area (Å²) in [4.78, 5) is 6.30. The molecule has 5 nitrogen and oxygen atoms in total. The SMILES string of the molecule is Fc1ccc(Nc2nncc(N3CCCCC3)n2)c(F)c1F. The largest absolute Gasteiger partial charge is 0.355 e. The highest BCUT2D eigenvalue weighted by atomic mass is 19.2. The third kappa shape index (κ3) is 2.95. The van der Waals surface area contributed by atoms with Gasteiger partial charge in [0.1, 0.15) is 0 Å². The minimum absolute atomic E-state index is 0.0352. The zero-order valence-electron chi connectivity index (χ0n) is 11.7. The molecule has 0 bridgehead atoms. The van der Waals surface area contributed by atoms with Gasteiger partial charge in [-0.2, -0.15) is 10.1 Å². The van der Waals surface area contributed by atoms with Gasteiger partial charge >= 0.3 is 0 Å². The molecule has 1 saturated heterocycles. The molecule has 2 aromatic rings. The lowest BCUT2D eigenvalue weighted by Crippen LogP contribution is -2.30. The van der Waals surface area contributed by atoms with Crippen LogP contribution in [0.15, 0.2) is 18.3 Å². The van der Waals surface area contributed by atoms with Gasteiger partial charge in [-0.25, -0.2) is 13.2 Å². The highest BCUT2D eigenvalue weighted by Crippen LogP contribution is 2.23. The Kier molecular flexibility index (Phi) is 4.08. The second-order valence-corrected chi connectivity index (χ2v) is 5.03. The lowest BCUT2D eigenvalue weighted by Gasteiger charge is -2.27. The smallest absolute Gasteiger partial charge is 0.249 e. The summed E-state index contributed by atoms with van der Waals surface area (Å²) in [6.45, 7) is 1.75. The molecule has 0 aliphatic carbocycles. The van der Waals surface area contributed by atoms with Gasteiger partial charge in [0.25, 0.3) is 0 Å². The lowest BCUT2D eigenvalue weighted by molar-refractivity contribution is 0.449. The van der Waals surface area contributed by atoms with E-state index in [1.165, 1.54) is 12.6 Å². The molecule has 1 aromatic carbocycles. The van der Waals surface area contributed by atoms with E-state index in [9.17, 15) is 13.2 Å². The van der Waals surface area contributed by atoms with Crippen LogP contribution in [0.2, 0.25) is 0 Å². The van der Waals surface area contributed by atoms with Crippen LogP contribution in [-0.4, -0.2) is 28.3 Å². The zero-order valence-corrected chi connectivity index (χ0v) is 11.7. The van der Waals surface area contributed by atoms with Gasteiger partial charge in [0, 0.05) is 13.1 Å². The van der Waals surface area contributed by atoms with Crippen LogP contribution >= 0.6 is 0 Å². The highest BCUT2D eigenvalue weighted by Gasteiger charge is 2.16. The molecule has 0 saturated carbocycles. The molecule has 1 aromatic heterocycles. The van der Waals surface area contributed by atoms with Crippen molar-refractivity contribution in [3.8, 4) is 0 Å².